The van der Waals surface area contributed by atoms with Crippen LogP contribution in [-0.2, 0) is 17.4 Å². The van der Waals surface area contributed by atoms with Gasteiger partial charge in [0.05, 0.1) is 29.6 Å². The number of benzene rings is 1. The zero-order chi connectivity index (χ0) is 21.8. The first kappa shape index (κ1) is 21.0. The maximum Gasteiger partial charge on any atom is 0.416 e. The molecule has 1 aromatic carbocycles. The van der Waals surface area contributed by atoms with Gasteiger partial charge in [0, 0.05) is 43.2 Å². The van der Waals surface area contributed by atoms with Gasteiger partial charge in [-0.1, -0.05) is 18.2 Å². The minimum absolute atomic E-state index is 0.0650. The van der Waals surface area contributed by atoms with Gasteiger partial charge in [-0.05, 0) is 36.6 Å². The molecule has 0 unspecified atom stereocenters. The summed E-state index contributed by atoms with van der Waals surface area (Å²) in [5.74, 6) is 0.177. The van der Waals surface area contributed by atoms with Crippen LogP contribution in [-0.4, -0.2) is 38.8 Å². The van der Waals surface area contributed by atoms with Gasteiger partial charge in [0.2, 0.25) is 5.91 Å². The predicted octanol–water partition coefficient (Wildman–Crippen LogP) is 4.51. The zero-order valence-electron chi connectivity index (χ0n) is 16.7. The Bertz CT molecular complexity index is 1050. The van der Waals surface area contributed by atoms with E-state index in [0.29, 0.717) is 30.8 Å². The van der Waals surface area contributed by atoms with E-state index in [1.807, 2.05) is 17.0 Å². The highest BCUT2D eigenvalue weighted by atomic mass is 19.4. The summed E-state index contributed by atoms with van der Waals surface area (Å²) >= 11 is 0. The molecule has 3 aromatic rings. The Balaban J connectivity index is 1.42. The van der Waals surface area contributed by atoms with Crippen LogP contribution in [0.4, 0.5) is 13.2 Å². The lowest BCUT2D eigenvalue weighted by atomic mass is 9.93. The average Bonchev–Trinajstić information content (AvgIpc) is 2.79. The van der Waals surface area contributed by atoms with Crippen LogP contribution in [0.25, 0.3) is 11.3 Å². The fourth-order valence-corrected chi connectivity index (χ4v) is 3.79. The number of hydrogen-bond acceptors (Lipinski definition) is 4. The van der Waals surface area contributed by atoms with Gasteiger partial charge in [-0.25, -0.2) is 4.98 Å². The summed E-state index contributed by atoms with van der Waals surface area (Å²) in [6.45, 7) is 1.22. The Morgan fingerprint density at radius 1 is 1.03 bits per heavy atom. The Labute approximate surface area is 178 Å². The molecule has 1 fully saturated rings. The number of carbonyl (C=O) groups excluding carboxylic acids is 1. The van der Waals surface area contributed by atoms with Crippen molar-refractivity contribution in [2.45, 2.75) is 31.4 Å². The largest absolute Gasteiger partial charge is 0.416 e. The number of nitrogens with zero attached hydrogens (tertiary/aromatic N) is 4. The third-order valence-corrected chi connectivity index (χ3v) is 5.48. The number of likely N-dealkylation sites (tertiary alicyclic amines) is 1. The number of amides is 1. The van der Waals surface area contributed by atoms with Crippen molar-refractivity contribution in [3.63, 3.8) is 0 Å². The van der Waals surface area contributed by atoms with Gasteiger partial charge in [-0.15, -0.1) is 0 Å². The predicted molar refractivity (Wildman–Crippen MR) is 109 cm³/mol. The maximum atomic E-state index is 13.0. The van der Waals surface area contributed by atoms with Crippen LogP contribution in [0.5, 0.6) is 0 Å². The van der Waals surface area contributed by atoms with E-state index in [0.717, 1.165) is 36.2 Å². The minimum Gasteiger partial charge on any atom is -0.342 e. The van der Waals surface area contributed by atoms with E-state index < -0.39 is 11.7 Å². The zero-order valence-corrected chi connectivity index (χ0v) is 16.7. The molecule has 0 aliphatic carbocycles. The number of hydrogen-bond donors (Lipinski definition) is 0. The van der Waals surface area contributed by atoms with E-state index in [-0.39, 0.29) is 11.8 Å². The van der Waals surface area contributed by atoms with E-state index in [2.05, 4.69) is 15.0 Å². The molecule has 5 nitrogen and oxygen atoms in total. The van der Waals surface area contributed by atoms with Crippen LogP contribution < -0.4 is 0 Å². The summed E-state index contributed by atoms with van der Waals surface area (Å²) in [6.07, 6.45) is 3.90. The van der Waals surface area contributed by atoms with Gasteiger partial charge in [0.1, 0.15) is 0 Å². The summed E-state index contributed by atoms with van der Waals surface area (Å²) in [5, 5.41) is 0. The maximum absolute atomic E-state index is 13.0. The number of pyridine rings is 1. The highest BCUT2D eigenvalue weighted by Gasteiger charge is 2.30. The molecule has 0 saturated carbocycles. The van der Waals surface area contributed by atoms with Crippen molar-refractivity contribution in [2.75, 3.05) is 13.1 Å². The Hall–Kier alpha value is -3.29. The van der Waals surface area contributed by atoms with Gasteiger partial charge in [-0.2, -0.15) is 13.2 Å². The van der Waals surface area contributed by atoms with Crippen LogP contribution in [0, 0.1) is 0 Å². The van der Waals surface area contributed by atoms with Crippen molar-refractivity contribution < 1.29 is 18.0 Å². The molecule has 8 heteroatoms. The monoisotopic (exact) mass is 426 g/mol. The molecule has 0 atom stereocenters. The number of carbonyl (C=O) groups is 1. The Kier molecular flexibility index (Phi) is 5.97. The molecule has 3 heterocycles. The molecule has 1 saturated heterocycles. The van der Waals surface area contributed by atoms with Gasteiger partial charge >= 0.3 is 6.18 Å². The molecule has 0 N–H and O–H groups in total. The van der Waals surface area contributed by atoms with E-state index in [1.54, 1.807) is 24.7 Å². The molecular formula is C23H21F3N4O. The van der Waals surface area contributed by atoms with Crippen molar-refractivity contribution in [1.82, 2.24) is 19.9 Å². The van der Waals surface area contributed by atoms with Crippen molar-refractivity contribution in [1.29, 1.82) is 0 Å². The number of aromatic nitrogens is 3. The molecule has 1 amide bonds. The van der Waals surface area contributed by atoms with E-state index in [1.165, 1.54) is 12.3 Å². The van der Waals surface area contributed by atoms with Crippen molar-refractivity contribution >= 4 is 5.91 Å². The van der Waals surface area contributed by atoms with Crippen LogP contribution in [0.1, 0.15) is 35.6 Å². The minimum atomic E-state index is -4.41. The fraction of sp³-hybridized carbons (Fsp3) is 0.304. The summed E-state index contributed by atoms with van der Waals surface area (Å²) in [6, 6.07) is 8.80. The number of rotatable bonds is 4. The lowest BCUT2D eigenvalue weighted by Crippen LogP contribution is -2.39. The van der Waals surface area contributed by atoms with E-state index >= 15 is 0 Å². The summed E-state index contributed by atoms with van der Waals surface area (Å²) in [4.78, 5) is 27.2. The highest BCUT2D eigenvalue weighted by molar-refractivity contribution is 5.78. The molecular weight excluding hydrogens is 405 g/mol. The molecule has 0 radical (unpaired) electrons. The van der Waals surface area contributed by atoms with Gasteiger partial charge in [0.15, 0.2) is 0 Å². The fourth-order valence-electron chi connectivity index (χ4n) is 3.79. The second-order valence-electron chi connectivity index (χ2n) is 7.60. The Morgan fingerprint density at radius 3 is 2.55 bits per heavy atom. The first-order chi connectivity index (χ1) is 14.9. The smallest absolute Gasteiger partial charge is 0.342 e. The molecule has 4 rings (SSSR count). The highest BCUT2D eigenvalue weighted by Crippen LogP contribution is 2.32. The summed E-state index contributed by atoms with van der Waals surface area (Å²) in [5.41, 5.74) is 1.72. The molecule has 1 aliphatic rings. The lowest BCUT2D eigenvalue weighted by Gasteiger charge is -2.31. The molecule has 160 valence electrons. The quantitative estimate of drug-likeness (QED) is 0.616. The second kappa shape index (κ2) is 8.83. The second-order valence-corrected chi connectivity index (χ2v) is 7.60. The molecule has 2 aromatic heterocycles. The normalized spacial score (nSPS) is 15.1. The lowest BCUT2D eigenvalue weighted by molar-refractivity contribution is -0.137. The SMILES string of the molecule is O=C(Cc1cccnc1)N1CCC(c2cncc(-c3cccc(C(F)(F)F)c3)n2)CC1. The van der Waals surface area contributed by atoms with E-state index in [9.17, 15) is 18.0 Å². The van der Waals surface area contributed by atoms with Crippen LogP contribution in [0.15, 0.2) is 61.2 Å². The molecule has 0 spiro atoms. The first-order valence-corrected chi connectivity index (χ1v) is 10.1. The van der Waals surface area contributed by atoms with Crippen molar-refractivity contribution in [3.8, 4) is 11.3 Å². The standard InChI is InChI=1S/C23H21F3N4O/c24-23(25,26)19-5-1-4-18(12-19)21-15-28-14-20(29-21)17-6-9-30(10-7-17)22(31)11-16-3-2-8-27-13-16/h1-5,8,12-15,17H,6-7,9-11H2. The van der Waals surface area contributed by atoms with Gasteiger partial charge in [0.25, 0.3) is 0 Å². The molecule has 31 heavy (non-hydrogen) atoms. The molecule has 0 bridgehead atoms. The summed E-state index contributed by atoms with van der Waals surface area (Å²) in [7, 11) is 0. The van der Waals surface area contributed by atoms with E-state index in [4.69, 9.17) is 0 Å². The molecule has 1 aliphatic heterocycles. The number of alkyl halides is 3. The first-order valence-electron chi connectivity index (χ1n) is 10.1. The third kappa shape index (κ3) is 5.07. The summed E-state index contributed by atoms with van der Waals surface area (Å²) < 4.78 is 39.1. The van der Waals surface area contributed by atoms with Crippen LogP contribution >= 0.6 is 0 Å². The number of halogens is 3. The topological polar surface area (TPSA) is 59.0 Å². The van der Waals surface area contributed by atoms with Gasteiger partial charge in [-0.3, -0.25) is 14.8 Å². The van der Waals surface area contributed by atoms with Crippen LogP contribution in [0.2, 0.25) is 0 Å². The van der Waals surface area contributed by atoms with Crippen LogP contribution in [0.3, 0.4) is 0 Å². The number of piperidine rings is 1. The Morgan fingerprint density at radius 2 is 1.84 bits per heavy atom. The van der Waals surface area contributed by atoms with Crippen molar-refractivity contribution in [2.24, 2.45) is 0 Å². The average molecular weight is 426 g/mol. The van der Waals surface area contributed by atoms with Crippen molar-refractivity contribution in [3.05, 3.63) is 78.0 Å². The van der Waals surface area contributed by atoms with Gasteiger partial charge < -0.3 is 4.90 Å². The third-order valence-electron chi connectivity index (χ3n) is 5.48.